The van der Waals surface area contributed by atoms with E-state index in [2.05, 4.69) is 32.3 Å². The molecule has 0 spiro atoms. The van der Waals surface area contributed by atoms with E-state index in [0.717, 1.165) is 16.3 Å². The summed E-state index contributed by atoms with van der Waals surface area (Å²) in [5, 5.41) is 0.734. The minimum Gasteiger partial charge on any atom is -0.345 e. The maximum atomic E-state index is 13.5. The highest BCUT2D eigenvalue weighted by Gasteiger charge is 2.30. The van der Waals surface area contributed by atoms with E-state index in [1.165, 1.54) is 0 Å². The van der Waals surface area contributed by atoms with Gasteiger partial charge in [0.1, 0.15) is 0 Å². The van der Waals surface area contributed by atoms with Crippen molar-refractivity contribution in [1.82, 2.24) is 14.4 Å². The Morgan fingerprint density at radius 2 is 1.55 bits per heavy atom. The number of benzene rings is 1. The van der Waals surface area contributed by atoms with E-state index in [1.54, 1.807) is 4.90 Å². The predicted octanol–water partition coefficient (Wildman–Crippen LogP) is 5.71. The third-order valence-electron chi connectivity index (χ3n) is 5.35. The van der Waals surface area contributed by atoms with E-state index in [4.69, 9.17) is 11.6 Å². The van der Waals surface area contributed by atoms with Crippen LogP contribution in [0.5, 0.6) is 0 Å². The Hall–Kier alpha value is -2.27. The van der Waals surface area contributed by atoms with Gasteiger partial charge in [-0.15, -0.1) is 0 Å². The molecule has 6 heteroatoms. The van der Waals surface area contributed by atoms with Gasteiger partial charge in [-0.2, -0.15) is 0 Å². The Morgan fingerprint density at radius 1 is 0.939 bits per heavy atom. The molecule has 182 valence electrons. The predicted molar refractivity (Wildman–Crippen MR) is 136 cm³/mol. The van der Waals surface area contributed by atoms with E-state index >= 15 is 0 Å². The molecule has 2 amide bonds. The maximum absolute atomic E-state index is 13.5. The van der Waals surface area contributed by atoms with E-state index in [-0.39, 0.29) is 24.3 Å². The second kappa shape index (κ2) is 11.7. The first-order valence-corrected chi connectivity index (χ1v) is 12.2. The Morgan fingerprint density at radius 3 is 2.12 bits per heavy atom. The molecule has 0 N–H and O–H groups in total. The molecule has 0 aliphatic heterocycles. The molecule has 0 bridgehead atoms. The Balaban J connectivity index is 2.22. The van der Waals surface area contributed by atoms with Crippen LogP contribution in [0.1, 0.15) is 59.7 Å². The molecule has 0 unspecified atom stereocenters. The topological polar surface area (TPSA) is 45.6 Å². The zero-order valence-electron chi connectivity index (χ0n) is 21.3. The highest BCUT2D eigenvalue weighted by atomic mass is 35.5. The number of nitrogens with zero attached hydrogens (tertiary/aromatic N) is 3. The van der Waals surface area contributed by atoms with E-state index in [9.17, 15) is 9.59 Å². The van der Waals surface area contributed by atoms with Gasteiger partial charge in [0.05, 0.1) is 13.1 Å². The lowest BCUT2D eigenvalue weighted by molar-refractivity contribution is -0.146. The number of hydrogen-bond donors (Lipinski definition) is 0. The lowest BCUT2D eigenvalue weighted by Gasteiger charge is -2.33. The van der Waals surface area contributed by atoms with Crippen molar-refractivity contribution in [3.05, 3.63) is 58.9 Å². The van der Waals surface area contributed by atoms with E-state index < -0.39 is 5.41 Å². The molecule has 0 saturated heterocycles. The number of aromatic nitrogens is 1. The van der Waals surface area contributed by atoms with Crippen molar-refractivity contribution in [2.24, 2.45) is 17.3 Å². The average molecular weight is 474 g/mol. The highest BCUT2D eigenvalue weighted by molar-refractivity contribution is 6.31. The fraction of sp³-hybridized carbons (Fsp3) is 0.556. The van der Waals surface area contributed by atoms with Gasteiger partial charge in [0.2, 0.25) is 11.8 Å². The van der Waals surface area contributed by atoms with Gasteiger partial charge >= 0.3 is 0 Å². The van der Waals surface area contributed by atoms with Gasteiger partial charge in [-0.1, -0.05) is 78.3 Å². The molecule has 0 saturated carbocycles. The van der Waals surface area contributed by atoms with Gasteiger partial charge in [0, 0.05) is 42.0 Å². The third kappa shape index (κ3) is 8.22. The second-order valence-electron chi connectivity index (χ2n) is 10.7. The number of halogens is 1. The van der Waals surface area contributed by atoms with Gasteiger partial charge in [-0.25, -0.2) is 0 Å². The van der Waals surface area contributed by atoms with Crippen LogP contribution in [0.4, 0.5) is 0 Å². The minimum atomic E-state index is -0.526. The van der Waals surface area contributed by atoms with Crippen molar-refractivity contribution >= 4 is 23.4 Å². The molecule has 2 aromatic rings. The summed E-state index contributed by atoms with van der Waals surface area (Å²) >= 11 is 6.37. The summed E-state index contributed by atoms with van der Waals surface area (Å²) in [7, 11) is 0. The highest BCUT2D eigenvalue weighted by Crippen LogP contribution is 2.20. The lowest BCUT2D eigenvalue weighted by Crippen LogP contribution is -2.48. The standard InChI is InChI=1S/C27H40ClN3O2/c1-20(2)15-30(25(32)19-31(16-21(3)4)26(33)27(5,6)7)18-23-12-10-14-29(23)17-22-11-8-9-13-24(22)28/h8-14,20-21H,15-19H2,1-7H3. The second-order valence-corrected chi connectivity index (χ2v) is 11.1. The van der Waals surface area contributed by atoms with Gasteiger partial charge in [0.15, 0.2) is 0 Å². The van der Waals surface area contributed by atoms with Crippen molar-refractivity contribution < 1.29 is 9.59 Å². The van der Waals surface area contributed by atoms with Gasteiger partial charge < -0.3 is 14.4 Å². The zero-order chi connectivity index (χ0) is 24.8. The van der Waals surface area contributed by atoms with Crippen molar-refractivity contribution in [3.63, 3.8) is 0 Å². The summed E-state index contributed by atoms with van der Waals surface area (Å²) in [6.07, 6.45) is 2.02. The van der Waals surface area contributed by atoms with Gasteiger partial charge in [0.25, 0.3) is 0 Å². The minimum absolute atomic E-state index is 0.0103. The first kappa shape index (κ1) is 27.0. The summed E-state index contributed by atoms with van der Waals surface area (Å²) in [5.41, 5.74) is 1.56. The van der Waals surface area contributed by atoms with E-state index in [0.29, 0.717) is 32.1 Å². The van der Waals surface area contributed by atoms with Crippen LogP contribution in [0.25, 0.3) is 0 Å². The quantitative estimate of drug-likeness (QED) is 0.444. The molecule has 1 aromatic heterocycles. The zero-order valence-corrected chi connectivity index (χ0v) is 22.0. The number of carbonyl (C=O) groups is 2. The largest absolute Gasteiger partial charge is 0.345 e. The van der Waals surface area contributed by atoms with Crippen LogP contribution in [0.2, 0.25) is 5.02 Å². The van der Waals surface area contributed by atoms with E-state index in [1.807, 2.05) is 68.3 Å². The van der Waals surface area contributed by atoms with Crippen LogP contribution < -0.4 is 0 Å². The van der Waals surface area contributed by atoms with Crippen LogP contribution in [-0.4, -0.2) is 45.8 Å². The first-order valence-electron chi connectivity index (χ1n) is 11.8. The number of hydrogen-bond acceptors (Lipinski definition) is 2. The number of carbonyl (C=O) groups excluding carboxylic acids is 2. The Bertz CT molecular complexity index is 927. The molecular weight excluding hydrogens is 434 g/mol. The van der Waals surface area contributed by atoms with Gasteiger partial charge in [-0.05, 0) is 35.6 Å². The van der Waals surface area contributed by atoms with Crippen LogP contribution >= 0.6 is 11.6 Å². The summed E-state index contributed by atoms with van der Waals surface area (Å²) in [5.74, 6) is 0.594. The van der Waals surface area contributed by atoms with Crippen LogP contribution in [0.3, 0.4) is 0 Å². The molecule has 0 fully saturated rings. The Labute approximate surface area is 204 Å². The summed E-state index contributed by atoms with van der Waals surface area (Å²) in [4.78, 5) is 30.1. The molecule has 5 nitrogen and oxygen atoms in total. The molecule has 0 aliphatic rings. The fourth-order valence-corrected chi connectivity index (χ4v) is 4.04. The lowest BCUT2D eigenvalue weighted by atomic mass is 9.94. The molecule has 33 heavy (non-hydrogen) atoms. The first-order chi connectivity index (χ1) is 15.4. The maximum Gasteiger partial charge on any atom is 0.242 e. The van der Waals surface area contributed by atoms with Crippen LogP contribution in [-0.2, 0) is 22.7 Å². The summed E-state index contributed by atoms with van der Waals surface area (Å²) < 4.78 is 2.13. The normalized spacial score (nSPS) is 11.8. The molecule has 2 rings (SSSR count). The van der Waals surface area contributed by atoms with Crippen molar-refractivity contribution in [1.29, 1.82) is 0 Å². The molecule has 0 radical (unpaired) electrons. The van der Waals surface area contributed by atoms with Crippen molar-refractivity contribution in [2.75, 3.05) is 19.6 Å². The monoisotopic (exact) mass is 473 g/mol. The number of rotatable bonds is 10. The van der Waals surface area contributed by atoms with Crippen LogP contribution in [0, 0.1) is 17.3 Å². The molecule has 0 aliphatic carbocycles. The molecule has 1 heterocycles. The molecule has 1 aromatic carbocycles. The average Bonchev–Trinajstić information content (AvgIpc) is 3.13. The van der Waals surface area contributed by atoms with Gasteiger partial charge in [-0.3, -0.25) is 9.59 Å². The SMILES string of the molecule is CC(C)CN(Cc1cccn1Cc1ccccc1Cl)C(=O)CN(CC(C)C)C(=O)C(C)(C)C. The number of amides is 2. The third-order valence-corrected chi connectivity index (χ3v) is 5.72. The van der Waals surface area contributed by atoms with Crippen LogP contribution in [0.15, 0.2) is 42.6 Å². The van der Waals surface area contributed by atoms with Crippen molar-refractivity contribution in [2.45, 2.75) is 61.6 Å². The Kier molecular flexibility index (Phi) is 9.59. The fourth-order valence-electron chi connectivity index (χ4n) is 3.85. The summed E-state index contributed by atoms with van der Waals surface area (Å²) in [6, 6.07) is 11.9. The molecular formula is C27H40ClN3O2. The smallest absolute Gasteiger partial charge is 0.242 e. The van der Waals surface area contributed by atoms with Crippen molar-refractivity contribution in [3.8, 4) is 0 Å². The summed E-state index contributed by atoms with van der Waals surface area (Å²) in [6.45, 7) is 16.5. The molecule has 0 atom stereocenters.